The van der Waals surface area contributed by atoms with Gasteiger partial charge in [-0.05, 0) is 36.4 Å². The molecule has 2 atom stereocenters. The summed E-state index contributed by atoms with van der Waals surface area (Å²) in [5.74, 6) is 0.578. The summed E-state index contributed by atoms with van der Waals surface area (Å²) in [6.45, 7) is 6.97. The average Bonchev–Trinajstić information content (AvgIpc) is 3.07. The predicted octanol–water partition coefficient (Wildman–Crippen LogP) is 3.70. The number of nitrogens with zero attached hydrogens (tertiary/aromatic N) is 1. The van der Waals surface area contributed by atoms with E-state index in [1.807, 2.05) is 0 Å². The van der Waals surface area contributed by atoms with Crippen molar-refractivity contribution in [3.05, 3.63) is 71.8 Å². The smallest absolute Gasteiger partial charge is 0.0207 e. The topological polar surface area (TPSA) is 15.3 Å². The zero-order chi connectivity index (χ0) is 15.9. The Balaban J connectivity index is 1.38. The van der Waals surface area contributed by atoms with E-state index in [4.69, 9.17) is 0 Å². The summed E-state index contributed by atoms with van der Waals surface area (Å²) < 4.78 is 0. The van der Waals surface area contributed by atoms with E-state index < -0.39 is 0 Å². The van der Waals surface area contributed by atoms with Crippen molar-refractivity contribution in [3.63, 3.8) is 0 Å². The van der Waals surface area contributed by atoms with Crippen LogP contribution in [0.5, 0.6) is 0 Å². The minimum atomic E-state index is 0.578. The lowest BCUT2D eigenvalue weighted by Gasteiger charge is -2.19. The maximum Gasteiger partial charge on any atom is 0.0207 e. The molecule has 1 aliphatic heterocycles. The summed E-state index contributed by atoms with van der Waals surface area (Å²) in [5.41, 5.74) is 2.88. The second-order valence-electron chi connectivity index (χ2n) is 6.74. The van der Waals surface area contributed by atoms with Gasteiger partial charge in [-0.25, -0.2) is 0 Å². The fourth-order valence-corrected chi connectivity index (χ4v) is 3.38. The van der Waals surface area contributed by atoms with Crippen molar-refractivity contribution in [1.29, 1.82) is 0 Å². The Morgan fingerprint density at radius 3 is 2.48 bits per heavy atom. The van der Waals surface area contributed by atoms with Crippen molar-refractivity contribution >= 4 is 0 Å². The lowest BCUT2D eigenvalue weighted by Crippen LogP contribution is -2.35. The van der Waals surface area contributed by atoms with Gasteiger partial charge in [0, 0.05) is 25.7 Å². The molecule has 0 aromatic heterocycles. The summed E-state index contributed by atoms with van der Waals surface area (Å²) in [6, 6.07) is 22.3. The Morgan fingerprint density at radius 2 is 1.74 bits per heavy atom. The monoisotopic (exact) mass is 308 g/mol. The molecule has 0 aliphatic carbocycles. The van der Waals surface area contributed by atoms with E-state index in [-0.39, 0.29) is 0 Å². The molecule has 2 heteroatoms. The van der Waals surface area contributed by atoms with Crippen LogP contribution in [0.3, 0.4) is 0 Å². The summed E-state index contributed by atoms with van der Waals surface area (Å²) in [7, 11) is 0. The zero-order valence-electron chi connectivity index (χ0n) is 14.1. The Bertz CT molecular complexity index is 567. The lowest BCUT2D eigenvalue weighted by atomic mass is 10.0. The summed E-state index contributed by atoms with van der Waals surface area (Å²) >= 11 is 0. The molecule has 3 rings (SSSR count). The van der Waals surface area contributed by atoms with Crippen molar-refractivity contribution < 1.29 is 0 Å². The Labute approximate surface area is 140 Å². The first-order chi connectivity index (χ1) is 11.3. The van der Waals surface area contributed by atoms with E-state index in [0.29, 0.717) is 12.0 Å². The van der Waals surface area contributed by atoms with E-state index in [1.54, 1.807) is 0 Å². The highest BCUT2D eigenvalue weighted by Crippen LogP contribution is 2.15. The molecule has 1 saturated heterocycles. The normalized spacial score (nSPS) is 19.8. The van der Waals surface area contributed by atoms with Crippen molar-refractivity contribution in [3.8, 4) is 0 Å². The van der Waals surface area contributed by atoms with Crippen LogP contribution in [0.1, 0.15) is 30.4 Å². The van der Waals surface area contributed by atoms with Crippen LogP contribution in [-0.4, -0.2) is 37.1 Å². The molecule has 0 amide bonds. The molecule has 0 unspecified atom stereocenters. The molecule has 2 aromatic carbocycles. The first kappa shape index (κ1) is 16.2. The maximum absolute atomic E-state index is 3.77. The molecule has 1 fully saturated rings. The third-order valence-electron chi connectivity index (χ3n) is 4.91. The van der Waals surface area contributed by atoms with Gasteiger partial charge in [-0.1, -0.05) is 67.6 Å². The van der Waals surface area contributed by atoms with Gasteiger partial charge in [0.25, 0.3) is 0 Å². The molecule has 0 spiro atoms. The predicted molar refractivity (Wildman–Crippen MR) is 97.9 cm³/mol. The Hall–Kier alpha value is -1.64. The molecule has 1 heterocycles. The summed E-state index contributed by atoms with van der Waals surface area (Å²) in [4.78, 5) is 2.60. The molecule has 1 N–H and O–H groups in total. The zero-order valence-corrected chi connectivity index (χ0v) is 14.1. The average molecular weight is 308 g/mol. The molecule has 23 heavy (non-hydrogen) atoms. The second kappa shape index (κ2) is 8.28. The molecule has 2 nitrogen and oxygen atoms in total. The van der Waals surface area contributed by atoms with Gasteiger partial charge in [0.1, 0.15) is 0 Å². The highest BCUT2D eigenvalue weighted by Gasteiger charge is 2.22. The highest BCUT2D eigenvalue weighted by molar-refractivity contribution is 5.19. The van der Waals surface area contributed by atoms with Gasteiger partial charge in [-0.15, -0.1) is 0 Å². The second-order valence-corrected chi connectivity index (χ2v) is 6.74. The number of benzene rings is 2. The first-order valence-corrected chi connectivity index (χ1v) is 8.86. The van der Waals surface area contributed by atoms with E-state index in [2.05, 4.69) is 77.8 Å². The summed E-state index contributed by atoms with van der Waals surface area (Å²) in [5, 5.41) is 3.77. The van der Waals surface area contributed by atoms with Crippen molar-refractivity contribution in [2.45, 2.75) is 31.7 Å². The largest absolute Gasteiger partial charge is 0.312 e. The van der Waals surface area contributed by atoms with Crippen LogP contribution in [0.25, 0.3) is 0 Å². The number of rotatable bonds is 7. The SMILES string of the molecule is C[C@@H](CN[C@H]1CCN(CCc2ccccc2)C1)c1ccccc1. The lowest BCUT2D eigenvalue weighted by molar-refractivity contribution is 0.331. The fraction of sp³-hybridized carbons (Fsp3) is 0.429. The Morgan fingerprint density at radius 1 is 1.04 bits per heavy atom. The standard InChI is InChI=1S/C21H28N2/c1-18(20-10-6-3-7-11-20)16-22-21-13-15-23(17-21)14-12-19-8-4-2-5-9-19/h2-11,18,21-22H,12-17H2,1H3/t18-,21-/m0/s1. The molecule has 1 aliphatic rings. The molecule has 0 bridgehead atoms. The molecular formula is C21H28N2. The van der Waals surface area contributed by atoms with Crippen LogP contribution in [0.2, 0.25) is 0 Å². The van der Waals surface area contributed by atoms with Gasteiger partial charge < -0.3 is 10.2 Å². The quantitative estimate of drug-likeness (QED) is 0.839. The molecule has 2 aromatic rings. The minimum absolute atomic E-state index is 0.578. The maximum atomic E-state index is 3.77. The van der Waals surface area contributed by atoms with Gasteiger partial charge >= 0.3 is 0 Å². The number of hydrogen-bond acceptors (Lipinski definition) is 2. The van der Waals surface area contributed by atoms with Crippen LogP contribution in [0, 0.1) is 0 Å². The highest BCUT2D eigenvalue weighted by atomic mass is 15.2. The molecule has 122 valence electrons. The van der Waals surface area contributed by atoms with E-state index in [1.165, 1.54) is 37.2 Å². The van der Waals surface area contributed by atoms with Gasteiger partial charge in [0.05, 0.1) is 0 Å². The van der Waals surface area contributed by atoms with Gasteiger partial charge in [-0.2, -0.15) is 0 Å². The fourth-order valence-electron chi connectivity index (χ4n) is 3.38. The third-order valence-corrected chi connectivity index (χ3v) is 4.91. The van der Waals surface area contributed by atoms with Crippen LogP contribution >= 0.6 is 0 Å². The van der Waals surface area contributed by atoms with Crippen LogP contribution < -0.4 is 5.32 Å². The molecule has 0 radical (unpaired) electrons. The first-order valence-electron chi connectivity index (χ1n) is 8.86. The Kier molecular flexibility index (Phi) is 5.84. The number of hydrogen-bond donors (Lipinski definition) is 1. The molecule has 0 saturated carbocycles. The van der Waals surface area contributed by atoms with Gasteiger partial charge in [0.2, 0.25) is 0 Å². The van der Waals surface area contributed by atoms with Crippen molar-refractivity contribution in [2.75, 3.05) is 26.2 Å². The van der Waals surface area contributed by atoms with Crippen LogP contribution in [-0.2, 0) is 6.42 Å². The number of nitrogens with one attached hydrogen (secondary N) is 1. The van der Waals surface area contributed by atoms with E-state index in [0.717, 1.165) is 13.0 Å². The van der Waals surface area contributed by atoms with Crippen molar-refractivity contribution in [2.24, 2.45) is 0 Å². The van der Waals surface area contributed by atoms with E-state index >= 15 is 0 Å². The summed E-state index contributed by atoms with van der Waals surface area (Å²) in [6.07, 6.45) is 2.43. The third kappa shape index (κ3) is 4.92. The van der Waals surface area contributed by atoms with E-state index in [9.17, 15) is 0 Å². The van der Waals surface area contributed by atoms with Crippen molar-refractivity contribution in [1.82, 2.24) is 10.2 Å². The van der Waals surface area contributed by atoms with Crippen LogP contribution in [0.4, 0.5) is 0 Å². The number of likely N-dealkylation sites (tertiary alicyclic amines) is 1. The van der Waals surface area contributed by atoms with Gasteiger partial charge in [0.15, 0.2) is 0 Å². The van der Waals surface area contributed by atoms with Gasteiger partial charge in [-0.3, -0.25) is 0 Å². The minimum Gasteiger partial charge on any atom is -0.312 e. The van der Waals surface area contributed by atoms with Crippen LogP contribution in [0.15, 0.2) is 60.7 Å². The molecular weight excluding hydrogens is 280 g/mol.